The Morgan fingerprint density at radius 1 is 1.60 bits per heavy atom. The smallest absolute Gasteiger partial charge is 0.304 e. The van der Waals surface area contributed by atoms with Crippen molar-refractivity contribution in [2.75, 3.05) is 0 Å². The van der Waals surface area contributed by atoms with Gasteiger partial charge in [0.2, 0.25) is 0 Å². The van der Waals surface area contributed by atoms with Crippen molar-refractivity contribution in [1.29, 1.82) is 0 Å². The van der Waals surface area contributed by atoms with Gasteiger partial charge in [0.1, 0.15) is 0 Å². The molecule has 0 rings (SSSR count). The summed E-state index contributed by atoms with van der Waals surface area (Å²) in [6.45, 7) is 3.16. The van der Waals surface area contributed by atoms with E-state index in [0.29, 0.717) is 0 Å². The first-order valence-electron chi connectivity index (χ1n) is 2.91. The van der Waals surface area contributed by atoms with Gasteiger partial charge in [0.15, 0.2) is 5.12 Å². The van der Waals surface area contributed by atoms with E-state index in [1.807, 2.05) is 0 Å². The van der Waals surface area contributed by atoms with Gasteiger partial charge in [-0.05, 0) is 0 Å². The van der Waals surface area contributed by atoms with Crippen LogP contribution in [-0.2, 0) is 9.59 Å². The van der Waals surface area contributed by atoms with Crippen molar-refractivity contribution in [2.45, 2.75) is 25.5 Å². The number of rotatable bonds is 3. The average Bonchev–Trinajstić information content (AvgIpc) is 1.58. The minimum atomic E-state index is -0.860. The van der Waals surface area contributed by atoms with Crippen molar-refractivity contribution in [3.8, 4) is 0 Å². The van der Waals surface area contributed by atoms with E-state index in [4.69, 9.17) is 5.11 Å². The highest BCUT2D eigenvalue weighted by Gasteiger charge is 2.09. The topological polar surface area (TPSA) is 54.4 Å². The molecule has 0 amide bonds. The fourth-order valence-electron chi connectivity index (χ4n) is 0.571. The number of carbonyl (C=O) groups excluding carboxylic acids is 1. The molecule has 0 radical (unpaired) electrons. The summed E-state index contributed by atoms with van der Waals surface area (Å²) in [6.07, 6.45) is 0.0459. The van der Waals surface area contributed by atoms with Gasteiger partial charge in [0, 0.05) is 12.2 Å². The van der Waals surface area contributed by atoms with Crippen LogP contribution in [0.4, 0.5) is 0 Å². The first-order valence-corrected chi connectivity index (χ1v) is 3.79. The van der Waals surface area contributed by atoms with Gasteiger partial charge in [0.05, 0.1) is 6.42 Å². The molecule has 4 heteroatoms. The fourth-order valence-corrected chi connectivity index (χ4v) is 1.36. The Morgan fingerprint density at radius 2 is 2.10 bits per heavy atom. The molecule has 0 spiro atoms. The highest BCUT2D eigenvalue weighted by atomic mass is 32.2. The molecule has 0 bridgehead atoms. The fraction of sp³-hybridized carbons (Fsp3) is 0.667. The molecule has 0 aliphatic rings. The molecule has 0 aromatic carbocycles. The molecule has 1 atom stereocenters. The normalized spacial score (nSPS) is 12.6. The quantitative estimate of drug-likeness (QED) is 0.675. The van der Waals surface area contributed by atoms with E-state index in [1.165, 1.54) is 6.92 Å². The second kappa shape index (κ2) is 4.33. The molecule has 0 aromatic heterocycles. The van der Waals surface area contributed by atoms with Crippen LogP contribution in [0.5, 0.6) is 0 Å². The van der Waals surface area contributed by atoms with E-state index in [9.17, 15) is 9.59 Å². The van der Waals surface area contributed by atoms with E-state index in [0.717, 1.165) is 11.8 Å². The van der Waals surface area contributed by atoms with Crippen LogP contribution in [0.2, 0.25) is 0 Å². The zero-order valence-corrected chi connectivity index (χ0v) is 6.77. The summed E-state index contributed by atoms with van der Waals surface area (Å²) in [7, 11) is 0. The molecule has 1 unspecified atom stereocenters. The maximum Gasteiger partial charge on any atom is 0.304 e. The Kier molecular flexibility index (Phi) is 4.11. The van der Waals surface area contributed by atoms with Gasteiger partial charge >= 0.3 is 5.97 Å². The lowest BCUT2D eigenvalue weighted by Crippen LogP contribution is -2.07. The van der Waals surface area contributed by atoms with Gasteiger partial charge in [-0.15, -0.1) is 0 Å². The number of hydrogen-bond acceptors (Lipinski definition) is 3. The molecule has 0 aliphatic carbocycles. The highest BCUT2D eigenvalue weighted by molar-refractivity contribution is 8.14. The molecular formula is C6H10O3S. The maximum atomic E-state index is 10.4. The summed E-state index contributed by atoms with van der Waals surface area (Å²) >= 11 is 1.06. The summed E-state index contributed by atoms with van der Waals surface area (Å²) < 4.78 is 0. The van der Waals surface area contributed by atoms with Crippen molar-refractivity contribution >= 4 is 22.8 Å². The van der Waals surface area contributed by atoms with E-state index in [-0.39, 0.29) is 16.8 Å². The standard InChI is InChI=1S/C6H10O3S/c1-4(3-6(8)9)10-5(2)7/h4H,3H2,1-2H3,(H,8,9). The summed E-state index contributed by atoms with van der Waals surface area (Å²) in [5.74, 6) is -0.860. The predicted octanol–water partition coefficient (Wildman–Crippen LogP) is 1.13. The molecule has 0 saturated carbocycles. The summed E-state index contributed by atoms with van der Waals surface area (Å²) in [6, 6.07) is 0. The average molecular weight is 162 g/mol. The van der Waals surface area contributed by atoms with Crippen molar-refractivity contribution in [3.63, 3.8) is 0 Å². The van der Waals surface area contributed by atoms with Gasteiger partial charge in [-0.25, -0.2) is 0 Å². The lowest BCUT2D eigenvalue weighted by Gasteiger charge is -2.02. The molecule has 0 aliphatic heterocycles. The molecule has 58 valence electrons. The molecule has 0 saturated heterocycles. The Hall–Kier alpha value is -0.510. The lowest BCUT2D eigenvalue weighted by molar-refractivity contribution is -0.136. The number of carboxylic acid groups (broad SMARTS) is 1. The second-order valence-electron chi connectivity index (χ2n) is 2.02. The third-order valence-corrected chi connectivity index (χ3v) is 1.73. The number of aliphatic carboxylic acids is 1. The Morgan fingerprint density at radius 3 is 2.40 bits per heavy atom. The second-order valence-corrected chi connectivity index (χ2v) is 3.63. The van der Waals surface area contributed by atoms with Crippen LogP contribution in [0.25, 0.3) is 0 Å². The van der Waals surface area contributed by atoms with Crippen LogP contribution in [0.15, 0.2) is 0 Å². The summed E-state index contributed by atoms with van der Waals surface area (Å²) in [5.41, 5.74) is 0. The van der Waals surface area contributed by atoms with Gasteiger partial charge < -0.3 is 5.11 Å². The zero-order chi connectivity index (χ0) is 8.15. The molecule has 0 fully saturated rings. The van der Waals surface area contributed by atoms with E-state index < -0.39 is 5.97 Å². The van der Waals surface area contributed by atoms with E-state index in [2.05, 4.69) is 0 Å². The molecule has 0 heterocycles. The number of carbonyl (C=O) groups is 2. The molecule has 10 heavy (non-hydrogen) atoms. The van der Waals surface area contributed by atoms with Crippen molar-refractivity contribution in [1.82, 2.24) is 0 Å². The van der Waals surface area contributed by atoms with Crippen LogP contribution in [0.3, 0.4) is 0 Å². The molecule has 1 N–H and O–H groups in total. The Bertz CT molecular complexity index is 128. The Balaban J connectivity index is 3.53. The lowest BCUT2D eigenvalue weighted by atomic mass is 10.3. The molecule has 0 aromatic rings. The third kappa shape index (κ3) is 5.62. The highest BCUT2D eigenvalue weighted by Crippen LogP contribution is 2.13. The number of carboxylic acids is 1. The minimum Gasteiger partial charge on any atom is -0.481 e. The molecular weight excluding hydrogens is 152 g/mol. The monoisotopic (exact) mass is 162 g/mol. The first kappa shape index (κ1) is 9.49. The van der Waals surface area contributed by atoms with Crippen molar-refractivity contribution in [3.05, 3.63) is 0 Å². The zero-order valence-electron chi connectivity index (χ0n) is 5.96. The van der Waals surface area contributed by atoms with Gasteiger partial charge in [-0.2, -0.15) is 0 Å². The van der Waals surface area contributed by atoms with Crippen LogP contribution < -0.4 is 0 Å². The largest absolute Gasteiger partial charge is 0.481 e. The van der Waals surface area contributed by atoms with Gasteiger partial charge in [0.25, 0.3) is 0 Å². The Labute approximate surface area is 63.8 Å². The number of thioether (sulfide) groups is 1. The first-order chi connectivity index (χ1) is 4.52. The van der Waals surface area contributed by atoms with Crippen molar-refractivity contribution < 1.29 is 14.7 Å². The minimum absolute atomic E-state index is 0.0336. The summed E-state index contributed by atoms with van der Waals surface area (Å²) in [4.78, 5) is 20.5. The van der Waals surface area contributed by atoms with Crippen LogP contribution in [0, 0.1) is 0 Å². The number of hydrogen-bond donors (Lipinski definition) is 1. The van der Waals surface area contributed by atoms with E-state index >= 15 is 0 Å². The predicted molar refractivity (Wildman–Crippen MR) is 40.0 cm³/mol. The van der Waals surface area contributed by atoms with Gasteiger partial charge in [-0.3, -0.25) is 9.59 Å². The van der Waals surface area contributed by atoms with Crippen LogP contribution >= 0.6 is 11.8 Å². The SMILES string of the molecule is CC(=O)SC(C)CC(=O)O. The molecule has 3 nitrogen and oxygen atoms in total. The maximum absolute atomic E-state index is 10.4. The van der Waals surface area contributed by atoms with Crippen LogP contribution in [0.1, 0.15) is 20.3 Å². The summed E-state index contributed by atoms with van der Waals surface area (Å²) in [5, 5.41) is 8.12. The third-order valence-electron chi connectivity index (χ3n) is 0.829. The van der Waals surface area contributed by atoms with E-state index in [1.54, 1.807) is 6.92 Å². The van der Waals surface area contributed by atoms with Crippen LogP contribution in [-0.4, -0.2) is 21.4 Å². The van der Waals surface area contributed by atoms with Crippen molar-refractivity contribution in [2.24, 2.45) is 0 Å². The van der Waals surface area contributed by atoms with Gasteiger partial charge in [-0.1, -0.05) is 18.7 Å².